The summed E-state index contributed by atoms with van der Waals surface area (Å²) in [7, 11) is 0. The molecule has 0 bridgehead atoms. The molecular weight excluding hydrogens is 224 g/mol. The maximum absolute atomic E-state index is 10.5. The lowest BCUT2D eigenvalue weighted by Crippen LogP contribution is -1.92. The summed E-state index contributed by atoms with van der Waals surface area (Å²) in [5, 5.41) is 27.6. The third-order valence-electron chi connectivity index (χ3n) is 1.80. The van der Waals surface area contributed by atoms with Crippen LogP contribution in [0.5, 0.6) is 0 Å². The normalized spacial score (nSPS) is 8.65. The fraction of sp³-hybridized carbons (Fsp3) is 0.0909. The van der Waals surface area contributed by atoms with Gasteiger partial charge in [-0.3, -0.25) is 14.9 Å². The van der Waals surface area contributed by atoms with Crippen LogP contribution in [-0.2, 0) is 4.79 Å². The minimum Gasteiger partial charge on any atom is -0.481 e. The largest absolute Gasteiger partial charge is 0.481 e. The van der Waals surface area contributed by atoms with E-state index in [0.717, 1.165) is 6.07 Å². The molecule has 1 rings (SSSR count). The van der Waals surface area contributed by atoms with E-state index in [1.165, 1.54) is 12.1 Å². The lowest BCUT2D eigenvalue weighted by Gasteiger charge is -1.95. The molecule has 0 fully saturated rings. The third-order valence-corrected chi connectivity index (χ3v) is 1.80. The second kappa shape index (κ2) is 5.29. The summed E-state index contributed by atoms with van der Waals surface area (Å²) in [5.41, 5.74) is 0.127. The van der Waals surface area contributed by atoms with Crippen molar-refractivity contribution in [2.45, 2.75) is 6.42 Å². The van der Waals surface area contributed by atoms with Gasteiger partial charge in [0.2, 0.25) is 0 Å². The monoisotopic (exact) mass is 230 g/mol. The van der Waals surface area contributed by atoms with Gasteiger partial charge in [-0.25, -0.2) is 0 Å². The van der Waals surface area contributed by atoms with Gasteiger partial charge in [0.05, 0.1) is 10.5 Å². The van der Waals surface area contributed by atoms with Crippen LogP contribution in [0, 0.1) is 33.3 Å². The third kappa shape index (κ3) is 3.33. The molecule has 0 saturated heterocycles. The first-order chi connectivity index (χ1) is 8.04. The number of carboxylic acid groups (broad SMARTS) is 1. The average molecular weight is 230 g/mol. The Morgan fingerprint density at radius 1 is 1.47 bits per heavy atom. The molecule has 0 atom stereocenters. The van der Waals surface area contributed by atoms with Crippen molar-refractivity contribution >= 4 is 11.7 Å². The van der Waals surface area contributed by atoms with Crippen LogP contribution in [0.15, 0.2) is 18.2 Å². The van der Waals surface area contributed by atoms with E-state index in [0.29, 0.717) is 0 Å². The van der Waals surface area contributed by atoms with Gasteiger partial charge in [-0.15, -0.1) is 0 Å². The number of carboxylic acids is 1. The van der Waals surface area contributed by atoms with Gasteiger partial charge in [0.15, 0.2) is 0 Å². The Kier molecular flexibility index (Phi) is 3.80. The van der Waals surface area contributed by atoms with Crippen molar-refractivity contribution in [2.24, 2.45) is 0 Å². The molecule has 0 aliphatic heterocycles. The molecule has 84 valence electrons. The predicted molar refractivity (Wildman–Crippen MR) is 56.9 cm³/mol. The van der Waals surface area contributed by atoms with E-state index in [9.17, 15) is 14.9 Å². The Hall–Kier alpha value is -2.86. The molecule has 0 spiro atoms. The molecule has 6 nitrogen and oxygen atoms in total. The van der Waals surface area contributed by atoms with Crippen LogP contribution in [0.3, 0.4) is 0 Å². The molecule has 1 N–H and O–H groups in total. The van der Waals surface area contributed by atoms with Crippen molar-refractivity contribution in [1.29, 1.82) is 5.26 Å². The van der Waals surface area contributed by atoms with E-state index in [4.69, 9.17) is 10.4 Å². The zero-order chi connectivity index (χ0) is 12.8. The van der Waals surface area contributed by atoms with Crippen LogP contribution >= 0.6 is 0 Å². The second-order valence-electron chi connectivity index (χ2n) is 2.97. The van der Waals surface area contributed by atoms with Gasteiger partial charge >= 0.3 is 5.97 Å². The zero-order valence-electron chi connectivity index (χ0n) is 8.51. The molecule has 1 aromatic carbocycles. The van der Waals surface area contributed by atoms with Crippen LogP contribution in [0.4, 0.5) is 5.69 Å². The molecular formula is C11H6N2O4. The molecule has 1 aromatic rings. The summed E-state index contributed by atoms with van der Waals surface area (Å²) in [6, 6.07) is 5.42. The van der Waals surface area contributed by atoms with Crippen molar-refractivity contribution < 1.29 is 14.8 Å². The average Bonchev–Trinajstić information content (AvgIpc) is 2.28. The summed E-state index contributed by atoms with van der Waals surface area (Å²) < 4.78 is 0. The molecule has 0 aromatic heterocycles. The summed E-state index contributed by atoms with van der Waals surface area (Å²) in [5.74, 6) is 3.77. The van der Waals surface area contributed by atoms with E-state index in [1.54, 1.807) is 6.07 Å². The molecule has 0 saturated carbocycles. The molecule has 17 heavy (non-hydrogen) atoms. The number of aliphatic carboxylic acids is 1. The van der Waals surface area contributed by atoms with Crippen LogP contribution < -0.4 is 0 Å². The van der Waals surface area contributed by atoms with Crippen LogP contribution in [-0.4, -0.2) is 16.0 Å². The number of carbonyl (C=O) groups is 1. The van der Waals surface area contributed by atoms with Gasteiger partial charge in [-0.2, -0.15) is 5.26 Å². The number of nitro benzene ring substituents is 1. The fourth-order valence-electron chi connectivity index (χ4n) is 1.06. The van der Waals surface area contributed by atoms with Crippen LogP contribution in [0.25, 0.3) is 0 Å². The number of nitriles is 1. The Labute approximate surface area is 96.3 Å². The number of rotatable bonds is 2. The first kappa shape index (κ1) is 12.2. The van der Waals surface area contributed by atoms with E-state index in [2.05, 4.69) is 11.8 Å². The van der Waals surface area contributed by atoms with Crippen molar-refractivity contribution in [3.8, 4) is 17.9 Å². The highest BCUT2D eigenvalue weighted by Gasteiger charge is 2.08. The minimum atomic E-state index is -1.07. The smallest absolute Gasteiger partial charge is 0.315 e. The highest BCUT2D eigenvalue weighted by molar-refractivity contribution is 5.70. The summed E-state index contributed by atoms with van der Waals surface area (Å²) in [6.45, 7) is 0. The molecule has 0 aliphatic rings. The molecule has 0 aliphatic carbocycles. The molecule has 0 amide bonds. The van der Waals surface area contributed by atoms with Gasteiger partial charge in [-0.05, 0) is 6.07 Å². The van der Waals surface area contributed by atoms with E-state index >= 15 is 0 Å². The van der Waals surface area contributed by atoms with Crippen molar-refractivity contribution in [3.63, 3.8) is 0 Å². The Morgan fingerprint density at radius 2 is 2.18 bits per heavy atom. The van der Waals surface area contributed by atoms with Crippen molar-refractivity contribution in [1.82, 2.24) is 0 Å². The van der Waals surface area contributed by atoms with Gasteiger partial charge in [0.25, 0.3) is 5.69 Å². The Morgan fingerprint density at radius 3 is 2.71 bits per heavy atom. The maximum Gasteiger partial charge on any atom is 0.315 e. The Bertz CT molecular complexity index is 575. The predicted octanol–water partition coefficient (Wildman–Crippen LogP) is 1.29. The number of benzene rings is 1. The minimum absolute atomic E-state index is 0.0529. The van der Waals surface area contributed by atoms with Gasteiger partial charge < -0.3 is 5.11 Å². The van der Waals surface area contributed by atoms with Crippen molar-refractivity contribution in [2.75, 3.05) is 0 Å². The summed E-state index contributed by atoms with van der Waals surface area (Å²) in [4.78, 5) is 20.1. The fourth-order valence-corrected chi connectivity index (χ4v) is 1.06. The highest BCUT2D eigenvalue weighted by Crippen LogP contribution is 2.16. The lowest BCUT2D eigenvalue weighted by atomic mass is 10.1. The number of nitro groups is 1. The zero-order valence-corrected chi connectivity index (χ0v) is 8.51. The molecule has 0 heterocycles. The molecule has 0 unspecified atom stereocenters. The second-order valence-corrected chi connectivity index (χ2v) is 2.97. The quantitative estimate of drug-likeness (QED) is 0.468. The SMILES string of the molecule is N#Cc1cc([N+](=O)[O-])ccc1C#CCC(=O)O. The van der Waals surface area contributed by atoms with E-state index in [1.807, 2.05) is 0 Å². The molecule has 6 heteroatoms. The lowest BCUT2D eigenvalue weighted by molar-refractivity contribution is -0.384. The Balaban J connectivity index is 3.09. The van der Waals surface area contributed by atoms with Crippen LogP contribution in [0.1, 0.15) is 17.5 Å². The molecule has 0 radical (unpaired) electrons. The number of hydrogen-bond donors (Lipinski definition) is 1. The summed E-state index contributed by atoms with van der Waals surface area (Å²) >= 11 is 0. The van der Waals surface area contributed by atoms with Gasteiger partial charge in [-0.1, -0.05) is 11.8 Å². The number of nitrogens with zero attached hydrogens (tertiary/aromatic N) is 2. The number of hydrogen-bond acceptors (Lipinski definition) is 4. The summed E-state index contributed by atoms with van der Waals surface area (Å²) in [6.07, 6.45) is -0.345. The van der Waals surface area contributed by atoms with E-state index < -0.39 is 10.9 Å². The number of non-ortho nitro benzene ring substituents is 1. The highest BCUT2D eigenvalue weighted by atomic mass is 16.6. The van der Waals surface area contributed by atoms with Gasteiger partial charge in [0, 0.05) is 17.7 Å². The topological polar surface area (TPSA) is 104 Å². The van der Waals surface area contributed by atoms with E-state index in [-0.39, 0.29) is 23.2 Å². The standard InChI is InChI=1S/C11H6N2O4/c12-7-9-6-10(13(16)17)5-4-8(9)2-1-3-11(14)15/h4-6H,3H2,(H,14,15). The first-order valence-corrected chi connectivity index (χ1v) is 4.44. The van der Waals surface area contributed by atoms with Gasteiger partial charge in [0.1, 0.15) is 12.5 Å². The van der Waals surface area contributed by atoms with Crippen molar-refractivity contribution in [3.05, 3.63) is 39.4 Å². The maximum atomic E-state index is 10.5. The first-order valence-electron chi connectivity index (χ1n) is 4.44. The van der Waals surface area contributed by atoms with Crippen LogP contribution in [0.2, 0.25) is 0 Å².